The average Bonchev–Trinajstić information content (AvgIpc) is 2.68. The fourth-order valence-corrected chi connectivity index (χ4v) is 3.67. The molecule has 4 rings (SSSR count). The standard InChI is InChI=1S/C19H23N5O/c25-18(17-11-14-5-1-2-6-15(14)12-22-17)23-16-7-3-10-24(13-16)19-20-8-4-9-21-19/h1-2,4-6,8-9,16-17,22H,3,7,10-13H2,(H,23,25). The topological polar surface area (TPSA) is 70.2 Å². The SMILES string of the molecule is O=C(NC1CCCN(c2ncccn2)C1)C1Cc2ccccc2CN1. The van der Waals surface area contributed by atoms with Crippen LogP contribution < -0.4 is 15.5 Å². The molecule has 0 aliphatic carbocycles. The zero-order chi connectivity index (χ0) is 17.1. The van der Waals surface area contributed by atoms with Gasteiger partial charge in [-0.1, -0.05) is 24.3 Å². The second-order valence-corrected chi connectivity index (χ2v) is 6.75. The number of hydrogen-bond acceptors (Lipinski definition) is 5. The van der Waals surface area contributed by atoms with Crippen LogP contribution in [0.4, 0.5) is 5.95 Å². The highest BCUT2D eigenvalue weighted by Gasteiger charge is 2.28. The first kappa shape index (κ1) is 16.0. The van der Waals surface area contributed by atoms with Gasteiger partial charge in [0.2, 0.25) is 11.9 Å². The van der Waals surface area contributed by atoms with Crippen molar-refractivity contribution in [2.24, 2.45) is 0 Å². The van der Waals surface area contributed by atoms with Gasteiger partial charge in [0.25, 0.3) is 0 Å². The lowest BCUT2D eigenvalue weighted by molar-refractivity contribution is -0.124. The Morgan fingerprint density at radius 3 is 2.80 bits per heavy atom. The van der Waals surface area contributed by atoms with Crippen LogP contribution in [-0.2, 0) is 17.8 Å². The Bertz CT molecular complexity index is 736. The van der Waals surface area contributed by atoms with Crippen LogP contribution in [0.3, 0.4) is 0 Å². The lowest BCUT2D eigenvalue weighted by Gasteiger charge is -2.34. The summed E-state index contributed by atoms with van der Waals surface area (Å²) in [6.07, 6.45) is 6.30. The third kappa shape index (κ3) is 3.64. The highest BCUT2D eigenvalue weighted by atomic mass is 16.2. The van der Waals surface area contributed by atoms with Gasteiger partial charge in [-0.3, -0.25) is 4.79 Å². The predicted molar refractivity (Wildman–Crippen MR) is 96.2 cm³/mol. The molecule has 1 fully saturated rings. The maximum absolute atomic E-state index is 12.7. The van der Waals surface area contributed by atoms with Gasteiger partial charge in [0.05, 0.1) is 6.04 Å². The lowest BCUT2D eigenvalue weighted by atomic mass is 9.95. The Balaban J connectivity index is 1.36. The maximum Gasteiger partial charge on any atom is 0.237 e. The number of piperidine rings is 1. The summed E-state index contributed by atoms with van der Waals surface area (Å²) in [5.74, 6) is 0.835. The molecule has 2 aromatic rings. The third-order valence-corrected chi connectivity index (χ3v) is 5.00. The maximum atomic E-state index is 12.7. The normalized spacial score (nSPS) is 23.0. The second kappa shape index (κ2) is 7.19. The van der Waals surface area contributed by atoms with Crippen LogP contribution in [0.25, 0.3) is 0 Å². The fourth-order valence-electron chi connectivity index (χ4n) is 3.67. The first-order valence-electron chi connectivity index (χ1n) is 8.92. The van der Waals surface area contributed by atoms with Gasteiger partial charge < -0.3 is 15.5 Å². The molecule has 6 heteroatoms. The second-order valence-electron chi connectivity index (χ2n) is 6.75. The van der Waals surface area contributed by atoms with Gasteiger partial charge in [-0.25, -0.2) is 9.97 Å². The van der Waals surface area contributed by atoms with E-state index in [2.05, 4.69) is 37.6 Å². The van der Waals surface area contributed by atoms with Crippen LogP contribution in [0.5, 0.6) is 0 Å². The van der Waals surface area contributed by atoms with Crippen LogP contribution in [0, 0.1) is 0 Å². The summed E-state index contributed by atoms with van der Waals surface area (Å²) in [7, 11) is 0. The Kier molecular flexibility index (Phi) is 4.61. The van der Waals surface area contributed by atoms with E-state index < -0.39 is 0 Å². The van der Waals surface area contributed by atoms with Crippen molar-refractivity contribution in [3.05, 3.63) is 53.9 Å². The largest absolute Gasteiger partial charge is 0.350 e. The zero-order valence-electron chi connectivity index (χ0n) is 14.2. The first-order valence-corrected chi connectivity index (χ1v) is 8.92. The number of anilines is 1. The fraction of sp³-hybridized carbons (Fsp3) is 0.421. The Labute approximate surface area is 147 Å². The van der Waals surface area contributed by atoms with Gasteiger partial charge in [-0.05, 0) is 36.5 Å². The van der Waals surface area contributed by atoms with Crippen molar-refractivity contribution < 1.29 is 4.79 Å². The number of amides is 1. The van der Waals surface area contributed by atoms with E-state index >= 15 is 0 Å². The van der Waals surface area contributed by atoms with Gasteiger partial charge in [-0.15, -0.1) is 0 Å². The van der Waals surface area contributed by atoms with Crippen LogP contribution in [0.2, 0.25) is 0 Å². The Hall–Kier alpha value is -2.47. The molecule has 0 bridgehead atoms. The minimum Gasteiger partial charge on any atom is -0.350 e. The molecule has 2 aliphatic rings. The van der Waals surface area contributed by atoms with E-state index in [9.17, 15) is 4.79 Å². The molecule has 1 amide bonds. The molecule has 1 aromatic carbocycles. The molecule has 3 heterocycles. The minimum atomic E-state index is -0.154. The van der Waals surface area contributed by atoms with E-state index in [-0.39, 0.29) is 18.0 Å². The zero-order valence-corrected chi connectivity index (χ0v) is 14.2. The summed E-state index contributed by atoms with van der Waals surface area (Å²) in [4.78, 5) is 23.5. The van der Waals surface area contributed by atoms with Crippen molar-refractivity contribution in [2.45, 2.75) is 37.9 Å². The van der Waals surface area contributed by atoms with Crippen LogP contribution in [0.1, 0.15) is 24.0 Å². The van der Waals surface area contributed by atoms with E-state index in [0.717, 1.165) is 44.8 Å². The van der Waals surface area contributed by atoms with Crippen LogP contribution in [0.15, 0.2) is 42.7 Å². The van der Waals surface area contributed by atoms with Crippen molar-refractivity contribution in [1.82, 2.24) is 20.6 Å². The quantitative estimate of drug-likeness (QED) is 0.883. The van der Waals surface area contributed by atoms with E-state index in [1.54, 1.807) is 12.4 Å². The van der Waals surface area contributed by atoms with Crippen molar-refractivity contribution in [2.75, 3.05) is 18.0 Å². The van der Waals surface area contributed by atoms with Crippen molar-refractivity contribution in [3.63, 3.8) is 0 Å². The molecule has 2 aliphatic heterocycles. The summed E-state index contributed by atoms with van der Waals surface area (Å²) in [6, 6.07) is 10.1. The molecule has 0 spiro atoms. The number of hydrogen-bond donors (Lipinski definition) is 2. The molecule has 25 heavy (non-hydrogen) atoms. The number of nitrogens with zero attached hydrogens (tertiary/aromatic N) is 3. The summed E-state index contributed by atoms with van der Waals surface area (Å²) in [5.41, 5.74) is 2.56. The molecule has 2 unspecified atom stereocenters. The molecule has 2 atom stereocenters. The summed E-state index contributed by atoms with van der Waals surface area (Å²) < 4.78 is 0. The molecule has 1 aromatic heterocycles. The number of carbonyl (C=O) groups excluding carboxylic acids is 1. The smallest absolute Gasteiger partial charge is 0.237 e. The van der Waals surface area contributed by atoms with Crippen LogP contribution in [-0.4, -0.2) is 41.0 Å². The predicted octanol–water partition coefficient (Wildman–Crippen LogP) is 1.28. The molecule has 2 N–H and O–H groups in total. The number of rotatable bonds is 3. The first-order chi connectivity index (χ1) is 12.3. The number of nitrogens with one attached hydrogen (secondary N) is 2. The molecular formula is C19H23N5O. The van der Waals surface area contributed by atoms with Gasteiger partial charge in [0.15, 0.2) is 0 Å². The molecule has 0 saturated carbocycles. The van der Waals surface area contributed by atoms with E-state index in [1.165, 1.54) is 11.1 Å². The lowest BCUT2D eigenvalue weighted by Crippen LogP contribution is -2.54. The molecular weight excluding hydrogens is 314 g/mol. The third-order valence-electron chi connectivity index (χ3n) is 5.00. The monoisotopic (exact) mass is 337 g/mol. The van der Waals surface area contributed by atoms with Gasteiger partial charge in [0.1, 0.15) is 0 Å². The number of benzene rings is 1. The Morgan fingerprint density at radius 2 is 1.96 bits per heavy atom. The minimum absolute atomic E-state index is 0.0929. The highest BCUT2D eigenvalue weighted by Crippen LogP contribution is 2.18. The molecule has 6 nitrogen and oxygen atoms in total. The number of carbonyl (C=O) groups is 1. The van der Waals surface area contributed by atoms with E-state index in [1.807, 2.05) is 18.2 Å². The average molecular weight is 337 g/mol. The molecule has 0 radical (unpaired) electrons. The van der Waals surface area contributed by atoms with Crippen LogP contribution >= 0.6 is 0 Å². The van der Waals surface area contributed by atoms with E-state index in [0.29, 0.717) is 0 Å². The number of fused-ring (bicyclic) bond motifs is 1. The summed E-state index contributed by atoms with van der Waals surface area (Å²) >= 11 is 0. The summed E-state index contributed by atoms with van der Waals surface area (Å²) in [5, 5.41) is 6.58. The van der Waals surface area contributed by atoms with Crippen molar-refractivity contribution in [1.29, 1.82) is 0 Å². The number of aromatic nitrogens is 2. The molecule has 1 saturated heterocycles. The summed E-state index contributed by atoms with van der Waals surface area (Å²) in [6.45, 7) is 2.45. The van der Waals surface area contributed by atoms with Crippen molar-refractivity contribution in [3.8, 4) is 0 Å². The van der Waals surface area contributed by atoms with E-state index in [4.69, 9.17) is 0 Å². The van der Waals surface area contributed by atoms with Gasteiger partial charge in [0, 0.05) is 38.1 Å². The van der Waals surface area contributed by atoms with Gasteiger partial charge in [-0.2, -0.15) is 0 Å². The van der Waals surface area contributed by atoms with Gasteiger partial charge >= 0.3 is 0 Å². The Morgan fingerprint density at radius 1 is 1.16 bits per heavy atom. The molecule has 130 valence electrons. The highest BCUT2D eigenvalue weighted by molar-refractivity contribution is 5.82. The van der Waals surface area contributed by atoms with Crippen molar-refractivity contribution >= 4 is 11.9 Å².